The Balaban J connectivity index is 1.67. The molecule has 0 aliphatic carbocycles. The van der Waals surface area contributed by atoms with Crippen LogP contribution in [0.15, 0.2) is 63.6 Å². The highest BCUT2D eigenvalue weighted by Gasteiger charge is 2.24. The number of benzene rings is 2. The Bertz CT molecular complexity index is 1050. The second kappa shape index (κ2) is 9.60. The predicted octanol–water partition coefficient (Wildman–Crippen LogP) is 4.40. The van der Waals surface area contributed by atoms with E-state index in [1.54, 1.807) is 36.4 Å². The monoisotopic (exact) mass is 449 g/mol. The molecule has 0 saturated carbocycles. The lowest BCUT2D eigenvalue weighted by Gasteiger charge is -2.07. The zero-order valence-corrected chi connectivity index (χ0v) is 17.2. The Morgan fingerprint density at radius 3 is 2.69 bits per heavy atom. The number of amidine groups is 1. The van der Waals surface area contributed by atoms with Crippen molar-refractivity contribution < 1.29 is 19.1 Å². The number of thioether (sulfide) groups is 1. The highest BCUT2D eigenvalue weighted by Crippen LogP contribution is 2.29. The third-order valence-corrected chi connectivity index (χ3v) is 5.08. The Morgan fingerprint density at radius 1 is 1.14 bits per heavy atom. The molecule has 0 radical (unpaired) electrons. The number of amides is 1. The molecule has 0 bridgehead atoms. The third kappa shape index (κ3) is 5.83. The lowest BCUT2D eigenvalue weighted by molar-refractivity contribution is -0.135. The summed E-state index contributed by atoms with van der Waals surface area (Å²) < 4.78 is 10.3. The summed E-state index contributed by atoms with van der Waals surface area (Å²) in [6, 6.07) is 12.1. The number of hydrogen-bond donors (Lipinski definition) is 1. The molecule has 0 aromatic heterocycles. The maximum Gasteiger partial charge on any atom is 0.331 e. The van der Waals surface area contributed by atoms with Gasteiger partial charge in [-0.05, 0) is 41.6 Å². The second-order valence-electron chi connectivity index (χ2n) is 5.49. The van der Waals surface area contributed by atoms with Crippen molar-refractivity contribution in [3.8, 4) is 11.5 Å². The molecule has 148 valence electrons. The number of carbonyl (C=O) groups is 2. The Labute approximate surface area is 180 Å². The molecule has 1 saturated heterocycles. The lowest BCUT2D eigenvalue weighted by Crippen LogP contribution is -2.19. The first kappa shape index (κ1) is 20.9. The average Bonchev–Trinajstić information content (AvgIpc) is 3.04. The zero-order chi connectivity index (χ0) is 20.8. The smallest absolute Gasteiger partial charge is 0.331 e. The highest BCUT2D eigenvalue weighted by molar-refractivity contribution is 8.18. The van der Waals surface area contributed by atoms with Crippen molar-refractivity contribution in [1.82, 2.24) is 5.32 Å². The van der Waals surface area contributed by atoms with Gasteiger partial charge < -0.3 is 9.47 Å². The normalized spacial score (nSPS) is 16.4. The van der Waals surface area contributed by atoms with E-state index in [-0.39, 0.29) is 10.1 Å². The van der Waals surface area contributed by atoms with Crippen molar-refractivity contribution in [2.75, 3.05) is 7.11 Å². The number of nitrogens with one attached hydrogen (secondary N) is 1. The average molecular weight is 450 g/mol. The summed E-state index contributed by atoms with van der Waals surface area (Å²) in [5, 5.41) is 11.5. The van der Waals surface area contributed by atoms with Crippen molar-refractivity contribution in [3.63, 3.8) is 0 Å². The van der Waals surface area contributed by atoms with Crippen molar-refractivity contribution in [2.45, 2.75) is 0 Å². The number of ether oxygens (including phenoxy) is 2. The van der Waals surface area contributed by atoms with Crippen LogP contribution in [0.2, 0.25) is 10.0 Å². The molecule has 7 nitrogen and oxygen atoms in total. The fourth-order valence-corrected chi connectivity index (χ4v) is 3.15. The van der Waals surface area contributed by atoms with Gasteiger partial charge in [-0.2, -0.15) is 5.10 Å². The number of methoxy groups -OCH3 is 1. The predicted molar refractivity (Wildman–Crippen MR) is 114 cm³/mol. The first-order valence-electron chi connectivity index (χ1n) is 8.07. The quantitative estimate of drug-likeness (QED) is 0.316. The maximum absolute atomic E-state index is 11.8. The molecular formula is C19H13Cl2N3O4S. The molecule has 0 atom stereocenters. The zero-order valence-electron chi connectivity index (χ0n) is 14.9. The Kier molecular flexibility index (Phi) is 6.92. The number of hydrogen-bond acceptors (Lipinski definition) is 7. The molecule has 10 heteroatoms. The van der Waals surface area contributed by atoms with Gasteiger partial charge in [0.15, 0.2) is 5.17 Å². The largest absolute Gasteiger partial charge is 0.466 e. The van der Waals surface area contributed by atoms with Crippen LogP contribution in [0.3, 0.4) is 0 Å². The minimum Gasteiger partial charge on any atom is -0.466 e. The Morgan fingerprint density at radius 2 is 1.93 bits per heavy atom. The minimum absolute atomic E-state index is 0.183. The van der Waals surface area contributed by atoms with Crippen LogP contribution < -0.4 is 10.1 Å². The molecule has 1 heterocycles. The summed E-state index contributed by atoms with van der Waals surface area (Å²) in [4.78, 5) is 23.2. The fourth-order valence-electron chi connectivity index (χ4n) is 2.12. The minimum atomic E-state index is -0.619. The van der Waals surface area contributed by atoms with Crippen LogP contribution in [0.25, 0.3) is 0 Å². The highest BCUT2D eigenvalue weighted by atomic mass is 35.5. The summed E-state index contributed by atoms with van der Waals surface area (Å²) in [6.45, 7) is 0. The lowest BCUT2D eigenvalue weighted by atomic mass is 10.2. The standard InChI is InChI=1S/C19H13Cl2N3O4S/c1-27-17(25)9-16-18(26)23-19(29-16)24-22-10-11-3-2-4-12(7-11)28-13-5-6-14(20)15(21)8-13/h2-10H,1H3,(H,23,24,26)/b16-9+,22-10?. The van der Waals surface area contributed by atoms with E-state index in [0.29, 0.717) is 21.5 Å². The van der Waals surface area contributed by atoms with Gasteiger partial charge in [0.05, 0.1) is 28.3 Å². The molecule has 1 aliphatic rings. The topological polar surface area (TPSA) is 89.3 Å². The van der Waals surface area contributed by atoms with E-state index in [2.05, 4.69) is 20.3 Å². The van der Waals surface area contributed by atoms with E-state index in [1.165, 1.54) is 13.3 Å². The summed E-state index contributed by atoms with van der Waals surface area (Å²) in [6.07, 6.45) is 2.60. The van der Waals surface area contributed by atoms with Crippen LogP contribution >= 0.6 is 35.0 Å². The van der Waals surface area contributed by atoms with E-state index in [1.807, 2.05) is 6.07 Å². The molecule has 1 N–H and O–H groups in total. The molecule has 1 aliphatic heterocycles. The first-order chi connectivity index (χ1) is 13.9. The van der Waals surface area contributed by atoms with Crippen molar-refractivity contribution >= 4 is 58.2 Å². The van der Waals surface area contributed by atoms with Crippen LogP contribution in [-0.4, -0.2) is 30.4 Å². The fraction of sp³-hybridized carbons (Fsp3) is 0.0526. The molecular weight excluding hydrogens is 437 g/mol. The first-order valence-corrected chi connectivity index (χ1v) is 9.64. The number of esters is 1. The second-order valence-corrected chi connectivity index (χ2v) is 7.33. The number of nitrogens with zero attached hydrogens (tertiary/aromatic N) is 2. The third-order valence-electron chi connectivity index (χ3n) is 3.44. The van der Waals surface area contributed by atoms with E-state index in [4.69, 9.17) is 27.9 Å². The Hall–Kier alpha value is -2.81. The van der Waals surface area contributed by atoms with E-state index in [0.717, 1.165) is 23.4 Å². The van der Waals surface area contributed by atoms with Crippen LogP contribution in [0.5, 0.6) is 11.5 Å². The molecule has 1 fully saturated rings. The molecule has 29 heavy (non-hydrogen) atoms. The van der Waals surface area contributed by atoms with E-state index in [9.17, 15) is 9.59 Å². The van der Waals surface area contributed by atoms with Gasteiger partial charge >= 0.3 is 5.97 Å². The van der Waals surface area contributed by atoms with Crippen LogP contribution in [0.4, 0.5) is 0 Å². The summed E-state index contributed by atoms with van der Waals surface area (Å²) in [7, 11) is 1.23. The molecule has 1 amide bonds. The van der Waals surface area contributed by atoms with Crippen molar-refractivity contribution in [2.24, 2.45) is 10.2 Å². The van der Waals surface area contributed by atoms with Crippen LogP contribution in [-0.2, 0) is 14.3 Å². The van der Waals surface area contributed by atoms with Gasteiger partial charge in [0.25, 0.3) is 5.91 Å². The van der Waals surface area contributed by atoms with Gasteiger partial charge in [-0.1, -0.05) is 35.3 Å². The van der Waals surface area contributed by atoms with Gasteiger partial charge in [-0.15, -0.1) is 5.10 Å². The van der Waals surface area contributed by atoms with Gasteiger partial charge in [0.1, 0.15) is 11.5 Å². The van der Waals surface area contributed by atoms with Gasteiger partial charge in [-0.25, -0.2) is 4.79 Å². The van der Waals surface area contributed by atoms with Crippen molar-refractivity contribution in [1.29, 1.82) is 0 Å². The van der Waals surface area contributed by atoms with Gasteiger partial charge in [0.2, 0.25) is 0 Å². The van der Waals surface area contributed by atoms with Crippen molar-refractivity contribution in [3.05, 3.63) is 69.1 Å². The molecule has 0 unspecified atom stereocenters. The SMILES string of the molecule is COC(=O)/C=C1/S/C(=N\N=Cc2cccc(Oc3ccc(Cl)c(Cl)c3)c2)NC1=O. The number of carbonyl (C=O) groups excluding carboxylic acids is 2. The van der Waals surface area contributed by atoms with Crippen LogP contribution in [0, 0.1) is 0 Å². The van der Waals surface area contributed by atoms with E-state index >= 15 is 0 Å². The molecule has 3 rings (SSSR count). The van der Waals surface area contributed by atoms with Gasteiger partial charge in [-0.3, -0.25) is 10.1 Å². The summed E-state index contributed by atoms with van der Waals surface area (Å²) >= 11 is 12.9. The van der Waals surface area contributed by atoms with Gasteiger partial charge in [0, 0.05) is 12.1 Å². The van der Waals surface area contributed by atoms with Crippen LogP contribution in [0.1, 0.15) is 5.56 Å². The number of rotatable bonds is 5. The summed E-state index contributed by atoms with van der Waals surface area (Å²) in [5.74, 6) is 0.0631. The molecule has 2 aromatic carbocycles. The molecule has 0 spiro atoms. The molecule has 2 aromatic rings. The number of halogens is 2. The summed E-state index contributed by atoms with van der Waals surface area (Å²) in [5.41, 5.74) is 0.728. The van der Waals surface area contributed by atoms with E-state index < -0.39 is 11.9 Å². The maximum atomic E-state index is 11.8.